The van der Waals surface area contributed by atoms with Crippen LogP contribution in [0.4, 0.5) is 13.2 Å². The molecular weight excluding hydrogens is 383 g/mol. The van der Waals surface area contributed by atoms with Crippen molar-refractivity contribution in [1.29, 1.82) is 0 Å². The normalized spacial score (nSPS) is 17.6. The van der Waals surface area contributed by atoms with E-state index in [0.717, 1.165) is 10.4 Å². The summed E-state index contributed by atoms with van der Waals surface area (Å²) in [6.45, 7) is -0.787. The summed E-state index contributed by atoms with van der Waals surface area (Å²) in [4.78, 5) is 11.6. The molecule has 2 aromatic carbocycles. The molecule has 0 atom stereocenters. The minimum atomic E-state index is -4.04. The smallest absolute Gasteiger partial charge is 0.330 e. The van der Waals surface area contributed by atoms with Gasteiger partial charge in [0.15, 0.2) is 11.6 Å². The fraction of sp³-hybridized carbons (Fsp3) is 0.167. The highest BCUT2D eigenvalue weighted by atomic mass is 32.2. The maximum absolute atomic E-state index is 14.0. The Morgan fingerprint density at radius 3 is 2.52 bits per heavy atom. The van der Waals surface area contributed by atoms with Crippen molar-refractivity contribution >= 4 is 21.6 Å². The Balaban J connectivity index is 2.08. The monoisotopic (exact) mass is 397 g/mol. The summed E-state index contributed by atoms with van der Waals surface area (Å²) < 4.78 is 71.8. The number of methoxy groups -OCH3 is 1. The molecule has 0 bridgehead atoms. The third-order valence-corrected chi connectivity index (χ3v) is 5.98. The van der Waals surface area contributed by atoms with E-state index in [1.165, 1.54) is 25.3 Å². The highest BCUT2D eigenvalue weighted by Crippen LogP contribution is 2.34. The molecule has 9 heteroatoms. The predicted molar refractivity (Wildman–Crippen MR) is 90.3 cm³/mol. The van der Waals surface area contributed by atoms with Gasteiger partial charge in [0.05, 0.1) is 12.0 Å². The lowest BCUT2D eigenvalue weighted by Crippen LogP contribution is -2.36. The summed E-state index contributed by atoms with van der Waals surface area (Å²) in [5.74, 6) is -4.40. The fourth-order valence-electron chi connectivity index (χ4n) is 2.80. The standard InChI is InChI=1S/C18H14F3NO4S/c1-26-18(23)7-11-9-22(10-12-6-15(20)16(21)8-14(12)19)27(24,25)17-5-3-2-4-13(11)17/h2-8H,9-10H2,1H3/b11-7+. The molecule has 1 aliphatic heterocycles. The number of esters is 1. The van der Waals surface area contributed by atoms with Crippen molar-refractivity contribution in [2.24, 2.45) is 0 Å². The van der Waals surface area contributed by atoms with Crippen LogP contribution in [0.2, 0.25) is 0 Å². The van der Waals surface area contributed by atoms with Crippen LogP contribution in [0.1, 0.15) is 11.1 Å². The Morgan fingerprint density at radius 1 is 1.15 bits per heavy atom. The van der Waals surface area contributed by atoms with E-state index in [0.29, 0.717) is 23.3 Å². The first-order valence-electron chi connectivity index (χ1n) is 7.75. The van der Waals surface area contributed by atoms with E-state index >= 15 is 0 Å². The number of ether oxygens (including phenoxy) is 1. The van der Waals surface area contributed by atoms with Crippen molar-refractivity contribution in [2.45, 2.75) is 11.4 Å². The second-order valence-electron chi connectivity index (χ2n) is 5.82. The molecule has 0 radical (unpaired) electrons. The molecule has 0 saturated heterocycles. The Morgan fingerprint density at radius 2 is 1.81 bits per heavy atom. The quantitative estimate of drug-likeness (QED) is 0.454. The summed E-state index contributed by atoms with van der Waals surface area (Å²) in [5.41, 5.74) is 0.342. The summed E-state index contributed by atoms with van der Waals surface area (Å²) >= 11 is 0. The Bertz CT molecular complexity index is 1050. The molecule has 5 nitrogen and oxygen atoms in total. The van der Waals surface area contributed by atoms with Crippen molar-refractivity contribution < 1.29 is 31.1 Å². The van der Waals surface area contributed by atoms with E-state index in [1.807, 2.05) is 0 Å². The van der Waals surface area contributed by atoms with E-state index in [4.69, 9.17) is 0 Å². The van der Waals surface area contributed by atoms with Gasteiger partial charge in [-0.1, -0.05) is 18.2 Å². The largest absolute Gasteiger partial charge is 0.466 e. The Hall–Kier alpha value is -2.65. The first-order chi connectivity index (χ1) is 12.7. The molecule has 1 aliphatic rings. The maximum atomic E-state index is 14.0. The van der Waals surface area contributed by atoms with Gasteiger partial charge < -0.3 is 4.74 Å². The predicted octanol–water partition coefficient (Wildman–Crippen LogP) is 2.86. The van der Waals surface area contributed by atoms with E-state index in [-0.39, 0.29) is 17.0 Å². The highest BCUT2D eigenvalue weighted by molar-refractivity contribution is 7.89. The van der Waals surface area contributed by atoms with E-state index in [9.17, 15) is 26.4 Å². The number of hydrogen-bond acceptors (Lipinski definition) is 4. The van der Waals surface area contributed by atoms with E-state index in [1.54, 1.807) is 6.07 Å². The lowest BCUT2D eigenvalue weighted by Gasteiger charge is -2.30. The number of fused-ring (bicyclic) bond motifs is 1. The number of sulfonamides is 1. The molecule has 2 aromatic rings. The average Bonchev–Trinajstić information content (AvgIpc) is 2.63. The van der Waals surface area contributed by atoms with Crippen LogP contribution in [0.25, 0.3) is 5.57 Å². The van der Waals surface area contributed by atoms with Crippen LogP contribution in [-0.2, 0) is 26.1 Å². The average molecular weight is 397 g/mol. The molecule has 142 valence electrons. The minimum Gasteiger partial charge on any atom is -0.466 e. The van der Waals surface area contributed by atoms with Crippen molar-refractivity contribution in [3.05, 3.63) is 71.1 Å². The first kappa shape index (κ1) is 19.1. The molecule has 0 aliphatic carbocycles. The molecule has 0 aromatic heterocycles. The number of carbonyl (C=O) groups is 1. The third kappa shape index (κ3) is 3.60. The molecule has 0 amide bonds. The molecule has 0 N–H and O–H groups in total. The first-order valence-corrected chi connectivity index (χ1v) is 9.19. The number of rotatable bonds is 3. The van der Waals surface area contributed by atoms with Crippen molar-refractivity contribution in [2.75, 3.05) is 13.7 Å². The molecule has 0 spiro atoms. The van der Waals surface area contributed by atoms with Crippen LogP contribution in [0.5, 0.6) is 0 Å². The van der Waals surface area contributed by atoms with E-state index < -0.39 is 40.0 Å². The molecule has 3 rings (SSSR count). The van der Waals surface area contributed by atoms with Crippen molar-refractivity contribution in [1.82, 2.24) is 4.31 Å². The van der Waals surface area contributed by atoms with Gasteiger partial charge >= 0.3 is 5.97 Å². The molecule has 0 unspecified atom stereocenters. The molecule has 0 fully saturated rings. The van der Waals surface area contributed by atoms with Gasteiger partial charge in [0.1, 0.15) is 5.82 Å². The van der Waals surface area contributed by atoms with Crippen LogP contribution >= 0.6 is 0 Å². The lowest BCUT2D eigenvalue weighted by atomic mass is 10.0. The van der Waals surface area contributed by atoms with Gasteiger partial charge in [0, 0.05) is 30.8 Å². The van der Waals surface area contributed by atoms with Gasteiger partial charge in [-0.15, -0.1) is 0 Å². The zero-order chi connectivity index (χ0) is 19.8. The number of halogens is 3. The van der Waals surface area contributed by atoms with Crippen LogP contribution in [0.3, 0.4) is 0 Å². The van der Waals surface area contributed by atoms with Crippen LogP contribution in [0, 0.1) is 17.5 Å². The third-order valence-electron chi connectivity index (χ3n) is 4.13. The second-order valence-corrected chi connectivity index (χ2v) is 7.73. The SMILES string of the molecule is COC(=O)/C=C1\CN(Cc2cc(F)c(F)cc2F)S(=O)(=O)c2ccccc21. The van der Waals surface area contributed by atoms with Crippen LogP contribution in [-0.4, -0.2) is 32.3 Å². The maximum Gasteiger partial charge on any atom is 0.330 e. The number of benzene rings is 2. The Kier molecular flexibility index (Phi) is 5.07. The Labute approximate surface area is 153 Å². The number of nitrogens with zero attached hydrogens (tertiary/aromatic N) is 1. The van der Waals surface area contributed by atoms with Gasteiger partial charge in [-0.05, 0) is 23.3 Å². The number of carbonyl (C=O) groups excluding carboxylic acids is 1. The van der Waals surface area contributed by atoms with Gasteiger partial charge in [-0.3, -0.25) is 0 Å². The highest BCUT2D eigenvalue weighted by Gasteiger charge is 2.34. The summed E-state index contributed by atoms with van der Waals surface area (Å²) in [7, 11) is -2.86. The minimum absolute atomic E-state index is 0.0746. The number of hydrogen-bond donors (Lipinski definition) is 0. The van der Waals surface area contributed by atoms with Crippen molar-refractivity contribution in [3.8, 4) is 0 Å². The zero-order valence-corrected chi connectivity index (χ0v) is 14.9. The van der Waals surface area contributed by atoms with Gasteiger partial charge in [0.25, 0.3) is 0 Å². The van der Waals surface area contributed by atoms with Gasteiger partial charge in [-0.2, -0.15) is 4.31 Å². The summed E-state index contributed by atoms with van der Waals surface area (Å²) in [6, 6.07) is 6.99. The van der Waals surface area contributed by atoms with Crippen molar-refractivity contribution in [3.63, 3.8) is 0 Å². The lowest BCUT2D eigenvalue weighted by molar-refractivity contribution is -0.134. The molecular formula is C18H14F3NO4S. The summed E-state index contributed by atoms with van der Waals surface area (Å²) in [5, 5.41) is 0. The van der Waals surface area contributed by atoms with Crippen LogP contribution < -0.4 is 0 Å². The van der Waals surface area contributed by atoms with Gasteiger partial charge in [-0.25, -0.2) is 26.4 Å². The molecule has 27 heavy (non-hydrogen) atoms. The molecule has 0 saturated carbocycles. The topological polar surface area (TPSA) is 63.7 Å². The fourth-order valence-corrected chi connectivity index (χ4v) is 4.42. The van der Waals surface area contributed by atoms with E-state index in [2.05, 4.69) is 4.74 Å². The zero-order valence-electron chi connectivity index (χ0n) is 14.1. The second kappa shape index (κ2) is 7.16. The summed E-state index contributed by atoms with van der Waals surface area (Å²) in [6.07, 6.45) is 1.14. The molecule has 1 heterocycles. The van der Waals surface area contributed by atoms with Gasteiger partial charge in [0.2, 0.25) is 10.0 Å². The van der Waals surface area contributed by atoms with Crippen LogP contribution in [0.15, 0.2) is 47.4 Å².